The fourth-order valence-corrected chi connectivity index (χ4v) is 4.99. The van der Waals surface area contributed by atoms with Gasteiger partial charge in [0, 0.05) is 0 Å². The SMILES string of the molecule is O[C@@H]1[C@@H](OCc2ccccc2)[C@@H](O)[C@@H](COC(c2ccccc2)(c2ccccc2)c2ccccc2)O[C@@H]1O. The molecule has 196 valence electrons. The van der Waals surface area contributed by atoms with Crippen molar-refractivity contribution in [1.29, 1.82) is 0 Å². The molecule has 0 aliphatic carbocycles. The van der Waals surface area contributed by atoms with Crippen LogP contribution in [0.15, 0.2) is 121 Å². The molecule has 6 heteroatoms. The fraction of sp³-hybridized carbons (Fsp3) is 0.250. The number of hydrogen-bond donors (Lipinski definition) is 3. The van der Waals surface area contributed by atoms with E-state index in [1.807, 2.05) is 121 Å². The van der Waals surface area contributed by atoms with Crippen LogP contribution in [-0.2, 0) is 26.4 Å². The number of hydrogen-bond acceptors (Lipinski definition) is 6. The summed E-state index contributed by atoms with van der Waals surface area (Å²) in [5, 5.41) is 32.3. The van der Waals surface area contributed by atoms with Gasteiger partial charge in [-0.05, 0) is 22.3 Å². The van der Waals surface area contributed by atoms with Gasteiger partial charge in [0.25, 0.3) is 0 Å². The van der Waals surface area contributed by atoms with Crippen molar-refractivity contribution >= 4 is 0 Å². The van der Waals surface area contributed by atoms with E-state index in [9.17, 15) is 15.3 Å². The highest BCUT2D eigenvalue weighted by molar-refractivity contribution is 5.47. The van der Waals surface area contributed by atoms with Crippen LogP contribution < -0.4 is 0 Å². The van der Waals surface area contributed by atoms with Crippen LogP contribution in [0.25, 0.3) is 0 Å². The molecule has 4 aromatic carbocycles. The topological polar surface area (TPSA) is 88.4 Å². The third-order valence-corrected chi connectivity index (χ3v) is 6.95. The van der Waals surface area contributed by atoms with Crippen molar-refractivity contribution in [2.45, 2.75) is 42.9 Å². The van der Waals surface area contributed by atoms with Crippen LogP contribution in [0.5, 0.6) is 0 Å². The molecule has 1 heterocycles. The van der Waals surface area contributed by atoms with E-state index in [1.54, 1.807) is 0 Å². The van der Waals surface area contributed by atoms with Gasteiger partial charge >= 0.3 is 0 Å². The summed E-state index contributed by atoms with van der Waals surface area (Å²) >= 11 is 0. The van der Waals surface area contributed by atoms with E-state index in [1.165, 1.54) is 0 Å². The van der Waals surface area contributed by atoms with E-state index in [0.717, 1.165) is 22.3 Å². The molecular formula is C32H32O6. The van der Waals surface area contributed by atoms with E-state index >= 15 is 0 Å². The van der Waals surface area contributed by atoms with E-state index in [-0.39, 0.29) is 13.2 Å². The highest BCUT2D eigenvalue weighted by Gasteiger charge is 2.46. The van der Waals surface area contributed by atoms with Gasteiger partial charge in [-0.15, -0.1) is 0 Å². The molecule has 5 atom stereocenters. The van der Waals surface area contributed by atoms with Gasteiger partial charge in [0.2, 0.25) is 0 Å². The summed E-state index contributed by atoms with van der Waals surface area (Å²) in [6.45, 7) is 0.0940. The summed E-state index contributed by atoms with van der Waals surface area (Å²) in [6, 6.07) is 39.1. The van der Waals surface area contributed by atoms with Crippen LogP contribution in [0.4, 0.5) is 0 Å². The molecule has 0 amide bonds. The average Bonchev–Trinajstić information content (AvgIpc) is 2.98. The Hall–Kier alpha value is -3.36. The molecule has 1 aliphatic heterocycles. The lowest BCUT2D eigenvalue weighted by molar-refractivity contribution is -0.300. The van der Waals surface area contributed by atoms with Gasteiger partial charge < -0.3 is 29.5 Å². The molecule has 5 rings (SSSR count). The zero-order valence-corrected chi connectivity index (χ0v) is 20.9. The normalized spacial score (nSPS) is 23.7. The molecule has 0 bridgehead atoms. The molecule has 0 saturated carbocycles. The largest absolute Gasteiger partial charge is 0.387 e. The highest BCUT2D eigenvalue weighted by atomic mass is 16.7. The lowest BCUT2D eigenvalue weighted by Crippen LogP contribution is -2.60. The predicted octanol–water partition coefficient (Wildman–Crippen LogP) is 4.02. The molecule has 3 N–H and O–H groups in total. The first kappa shape index (κ1) is 26.3. The Morgan fingerprint density at radius 3 is 1.53 bits per heavy atom. The summed E-state index contributed by atoms with van der Waals surface area (Å²) in [7, 11) is 0. The third kappa shape index (κ3) is 5.42. The Bertz CT molecular complexity index is 1160. The minimum atomic E-state index is -1.53. The Morgan fingerprint density at radius 2 is 1.05 bits per heavy atom. The molecule has 4 aromatic rings. The van der Waals surface area contributed by atoms with Crippen molar-refractivity contribution < 1.29 is 29.5 Å². The Labute approximate surface area is 222 Å². The molecule has 0 aromatic heterocycles. The second kappa shape index (κ2) is 12.0. The van der Waals surface area contributed by atoms with Crippen molar-refractivity contribution in [3.8, 4) is 0 Å². The first-order valence-electron chi connectivity index (χ1n) is 12.8. The zero-order chi connectivity index (χ0) is 26.4. The lowest BCUT2D eigenvalue weighted by Gasteiger charge is -2.42. The molecular weight excluding hydrogens is 480 g/mol. The van der Waals surface area contributed by atoms with Crippen LogP contribution in [0.1, 0.15) is 22.3 Å². The second-order valence-corrected chi connectivity index (χ2v) is 9.40. The van der Waals surface area contributed by atoms with Crippen molar-refractivity contribution in [3.05, 3.63) is 144 Å². The minimum Gasteiger partial charge on any atom is -0.387 e. The maximum Gasteiger partial charge on any atom is 0.184 e. The number of aliphatic hydroxyl groups is 3. The van der Waals surface area contributed by atoms with E-state index in [0.29, 0.717) is 0 Å². The Morgan fingerprint density at radius 1 is 0.605 bits per heavy atom. The van der Waals surface area contributed by atoms with Crippen molar-refractivity contribution in [3.63, 3.8) is 0 Å². The van der Waals surface area contributed by atoms with Crippen LogP contribution in [0, 0.1) is 0 Å². The quantitative estimate of drug-likeness (QED) is 0.294. The number of ether oxygens (including phenoxy) is 3. The summed E-state index contributed by atoms with van der Waals surface area (Å²) in [6.07, 6.45) is -6.20. The smallest absolute Gasteiger partial charge is 0.184 e. The van der Waals surface area contributed by atoms with Crippen molar-refractivity contribution in [1.82, 2.24) is 0 Å². The fourth-order valence-electron chi connectivity index (χ4n) is 4.99. The van der Waals surface area contributed by atoms with Gasteiger partial charge in [-0.2, -0.15) is 0 Å². The summed E-state index contributed by atoms with van der Waals surface area (Å²) < 4.78 is 18.3. The van der Waals surface area contributed by atoms with Gasteiger partial charge in [-0.3, -0.25) is 0 Å². The second-order valence-electron chi connectivity index (χ2n) is 9.40. The van der Waals surface area contributed by atoms with E-state index in [4.69, 9.17) is 14.2 Å². The van der Waals surface area contributed by atoms with Crippen LogP contribution in [0.2, 0.25) is 0 Å². The van der Waals surface area contributed by atoms with Crippen LogP contribution in [-0.4, -0.2) is 52.6 Å². The number of rotatable bonds is 9. The molecule has 6 nitrogen and oxygen atoms in total. The molecule has 1 fully saturated rings. The summed E-state index contributed by atoms with van der Waals surface area (Å²) in [5.41, 5.74) is 2.58. The van der Waals surface area contributed by atoms with Gasteiger partial charge in [0.15, 0.2) is 6.29 Å². The van der Waals surface area contributed by atoms with Crippen LogP contribution in [0.3, 0.4) is 0 Å². The zero-order valence-electron chi connectivity index (χ0n) is 20.9. The number of aliphatic hydroxyl groups excluding tert-OH is 3. The van der Waals surface area contributed by atoms with E-state index in [2.05, 4.69) is 0 Å². The summed E-state index contributed by atoms with van der Waals surface area (Å²) in [4.78, 5) is 0. The maximum absolute atomic E-state index is 11.2. The monoisotopic (exact) mass is 512 g/mol. The average molecular weight is 513 g/mol. The van der Waals surface area contributed by atoms with Gasteiger partial charge in [0.05, 0.1) is 13.2 Å². The Kier molecular flexibility index (Phi) is 8.29. The lowest BCUT2D eigenvalue weighted by atomic mass is 9.80. The molecule has 1 aliphatic rings. The minimum absolute atomic E-state index is 0.0746. The molecule has 1 saturated heterocycles. The van der Waals surface area contributed by atoms with Gasteiger partial charge in [0.1, 0.15) is 30.0 Å². The van der Waals surface area contributed by atoms with Gasteiger partial charge in [-0.1, -0.05) is 121 Å². The molecule has 0 spiro atoms. The summed E-state index contributed by atoms with van der Waals surface area (Å²) in [5.74, 6) is 0. The van der Waals surface area contributed by atoms with Gasteiger partial charge in [-0.25, -0.2) is 0 Å². The first-order valence-corrected chi connectivity index (χ1v) is 12.8. The molecule has 0 unspecified atom stereocenters. The Balaban J connectivity index is 1.45. The van der Waals surface area contributed by atoms with Crippen LogP contribution >= 0.6 is 0 Å². The third-order valence-electron chi connectivity index (χ3n) is 6.95. The maximum atomic E-state index is 11.2. The molecule has 38 heavy (non-hydrogen) atoms. The highest BCUT2D eigenvalue weighted by Crippen LogP contribution is 2.41. The van der Waals surface area contributed by atoms with Crippen molar-refractivity contribution in [2.24, 2.45) is 0 Å². The first-order chi connectivity index (χ1) is 18.6. The van der Waals surface area contributed by atoms with E-state index < -0.39 is 36.3 Å². The number of benzene rings is 4. The molecule has 0 radical (unpaired) electrons. The van der Waals surface area contributed by atoms with Crippen molar-refractivity contribution in [2.75, 3.05) is 6.61 Å². The standard InChI is InChI=1S/C32H32O6/c33-28-27(38-31(35)29(34)30(28)36-21-23-13-5-1-6-14-23)22-37-32(24-15-7-2-8-16-24,25-17-9-3-10-18-25)26-19-11-4-12-20-26/h1-20,27-31,33-35H,21-22H2/t27-,28+,29-,30+,31+/m1/s1. The predicted molar refractivity (Wildman–Crippen MR) is 143 cm³/mol.